The Morgan fingerprint density at radius 1 is 1.53 bits per heavy atom. The monoisotopic (exact) mass is 223 g/mol. The van der Waals surface area contributed by atoms with E-state index in [1.165, 1.54) is 0 Å². The van der Waals surface area contributed by atoms with Crippen molar-refractivity contribution in [2.24, 2.45) is 0 Å². The fourth-order valence-electron chi connectivity index (χ4n) is 1.15. The number of fused-ring (bicyclic) bond motifs is 1. The first-order chi connectivity index (χ1) is 7.29. The minimum absolute atomic E-state index is 0.428. The molecule has 0 fully saturated rings. The Hall–Kier alpha value is -1.55. The molecule has 0 spiro atoms. The van der Waals surface area contributed by atoms with E-state index in [1.54, 1.807) is 28.9 Å². The smallest absolute Gasteiger partial charge is 0.234 e. The van der Waals surface area contributed by atoms with Crippen molar-refractivity contribution in [2.45, 2.75) is 6.42 Å². The fourth-order valence-corrected chi connectivity index (χ4v) is 1.30. The highest BCUT2D eigenvalue weighted by Crippen LogP contribution is 2.13. The molecule has 15 heavy (non-hydrogen) atoms. The molecule has 0 atom stereocenters. The molecule has 0 saturated heterocycles. The Kier molecular flexibility index (Phi) is 2.87. The van der Waals surface area contributed by atoms with Gasteiger partial charge in [-0.2, -0.15) is 10.1 Å². The number of nitrogens with zero attached hydrogens (tertiary/aromatic N) is 3. The summed E-state index contributed by atoms with van der Waals surface area (Å²) in [7, 11) is 0. The first kappa shape index (κ1) is 9.98. The maximum atomic E-state index is 5.74. The Labute approximate surface area is 92.1 Å². The van der Waals surface area contributed by atoms with Crippen molar-refractivity contribution in [3.05, 3.63) is 36.1 Å². The van der Waals surface area contributed by atoms with Crippen LogP contribution in [0.25, 0.3) is 5.65 Å². The van der Waals surface area contributed by atoms with Crippen molar-refractivity contribution in [1.29, 1.82) is 0 Å². The number of ether oxygens (including phenoxy) is 1. The Morgan fingerprint density at radius 2 is 2.40 bits per heavy atom. The number of aromatic nitrogens is 3. The molecular weight excluding hydrogens is 214 g/mol. The molecule has 0 unspecified atom stereocenters. The lowest BCUT2D eigenvalue weighted by molar-refractivity contribution is 0.314. The summed E-state index contributed by atoms with van der Waals surface area (Å²) in [6.45, 7) is 4.18. The zero-order valence-electron chi connectivity index (χ0n) is 8.06. The van der Waals surface area contributed by atoms with E-state index in [1.807, 2.05) is 0 Å². The van der Waals surface area contributed by atoms with Gasteiger partial charge in [-0.25, -0.2) is 4.52 Å². The van der Waals surface area contributed by atoms with Gasteiger partial charge < -0.3 is 4.74 Å². The van der Waals surface area contributed by atoms with Crippen molar-refractivity contribution in [3.8, 4) is 5.88 Å². The summed E-state index contributed by atoms with van der Waals surface area (Å²) in [4.78, 5) is 4.21. The summed E-state index contributed by atoms with van der Waals surface area (Å²) >= 11 is 5.74. The molecule has 0 N–H and O–H groups in total. The van der Waals surface area contributed by atoms with Gasteiger partial charge in [0.25, 0.3) is 0 Å². The van der Waals surface area contributed by atoms with E-state index in [9.17, 15) is 0 Å². The number of rotatable bonds is 4. The van der Waals surface area contributed by atoms with E-state index in [0.717, 1.165) is 6.42 Å². The highest BCUT2D eigenvalue weighted by atomic mass is 35.5. The normalized spacial score (nSPS) is 10.5. The van der Waals surface area contributed by atoms with Crippen LogP contribution in [-0.2, 0) is 0 Å². The third kappa shape index (κ3) is 2.27. The standard InChI is InChI=1S/C10H10ClN3O/c1-2-3-6-15-10-7-14-9(12-10)5-4-8(11)13-14/h2,4-5,7H,1,3,6H2. The van der Waals surface area contributed by atoms with Crippen LogP contribution in [0.15, 0.2) is 31.0 Å². The summed E-state index contributed by atoms with van der Waals surface area (Å²) in [5, 5.41) is 4.47. The molecule has 78 valence electrons. The van der Waals surface area contributed by atoms with Crippen LogP contribution in [0, 0.1) is 0 Å². The van der Waals surface area contributed by atoms with Crippen LogP contribution in [0.3, 0.4) is 0 Å². The second kappa shape index (κ2) is 4.31. The maximum Gasteiger partial charge on any atom is 0.234 e. The van der Waals surface area contributed by atoms with Crippen molar-refractivity contribution < 1.29 is 4.74 Å². The number of hydrogen-bond donors (Lipinski definition) is 0. The topological polar surface area (TPSA) is 39.4 Å². The van der Waals surface area contributed by atoms with Gasteiger partial charge in [-0.1, -0.05) is 17.7 Å². The minimum Gasteiger partial charge on any atom is -0.476 e. The molecule has 0 bridgehead atoms. The van der Waals surface area contributed by atoms with Crippen LogP contribution < -0.4 is 4.74 Å². The van der Waals surface area contributed by atoms with Crippen molar-refractivity contribution >= 4 is 17.2 Å². The third-order valence-corrected chi connectivity index (χ3v) is 2.04. The lowest BCUT2D eigenvalue weighted by Gasteiger charge is -1.96. The van der Waals surface area contributed by atoms with Gasteiger partial charge in [0.05, 0.1) is 12.8 Å². The van der Waals surface area contributed by atoms with E-state index in [2.05, 4.69) is 16.7 Å². The average Bonchev–Trinajstić information content (AvgIpc) is 2.60. The van der Waals surface area contributed by atoms with Gasteiger partial charge in [-0.15, -0.1) is 6.58 Å². The molecule has 5 heteroatoms. The Morgan fingerprint density at radius 3 is 3.20 bits per heavy atom. The zero-order chi connectivity index (χ0) is 10.7. The predicted octanol–water partition coefficient (Wildman–Crippen LogP) is 2.34. The fraction of sp³-hybridized carbons (Fsp3) is 0.200. The molecule has 2 rings (SSSR count). The molecule has 0 saturated carbocycles. The summed E-state index contributed by atoms with van der Waals surface area (Å²) in [6, 6.07) is 3.48. The molecule has 4 nitrogen and oxygen atoms in total. The second-order valence-corrected chi connectivity index (χ2v) is 3.35. The molecule has 2 aromatic heterocycles. The number of halogens is 1. The quantitative estimate of drug-likeness (QED) is 0.590. The van der Waals surface area contributed by atoms with E-state index < -0.39 is 0 Å². The first-order valence-electron chi connectivity index (χ1n) is 4.55. The molecule has 0 amide bonds. The van der Waals surface area contributed by atoms with Crippen molar-refractivity contribution in [3.63, 3.8) is 0 Å². The average molecular weight is 224 g/mol. The minimum atomic E-state index is 0.428. The van der Waals surface area contributed by atoms with E-state index in [-0.39, 0.29) is 0 Å². The third-order valence-electron chi connectivity index (χ3n) is 1.84. The van der Waals surface area contributed by atoms with E-state index >= 15 is 0 Å². The highest BCUT2D eigenvalue weighted by molar-refractivity contribution is 6.29. The molecule has 0 aliphatic heterocycles. The predicted molar refractivity (Wildman–Crippen MR) is 58.3 cm³/mol. The molecule has 0 radical (unpaired) electrons. The van der Waals surface area contributed by atoms with Crippen LogP contribution in [0.2, 0.25) is 5.15 Å². The van der Waals surface area contributed by atoms with Gasteiger partial charge in [0.15, 0.2) is 5.65 Å². The largest absolute Gasteiger partial charge is 0.476 e. The molecule has 2 aromatic rings. The van der Waals surface area contributed by atoms with E-state index in [0.29, 0.717) is 23.3 Å². The molecule has 0 aromatic carbocycles. The maximum absolute atomic E-state index is 5.74. The van der Waals surface area contributed by atoms with Gasteiger partial charge in [0.1, 0.15) is 5.15 Å². The van der Waals surface area contributed by atoms with Crippen LogP contribution in [0.1, 0.15) is 6.42 Å². The highest BCUT2D eigenvalue weighted by Gasteiger charge is 2.02. The number of hydrogen-bond acceptors (Lipinski definition) is 3. The summed E-state index contributed by atoms with van der Waals surface area (Å²) < 4.78 is 6.97. The Balaban J connectivity index is 2.19. The van der Waals surface area contributed by atoms with E-state index in [4.69, 9.17) is 16.3 Å². The van der Waals surface area contributed by atoms with Crippen molar-refractivity contribution in [2.75, 3.05) is 6.61 Å². The first-order valence-corrected chi connectivity index (χ1v) is 4.93. The number of imidazole rings is 1. The SMILES string of the molecule is C=CCCOc1cn2nc(Cl)ccc2n1. The molecule has 0 aliphatic carbocycles. The van der Waals surface area contributed by atoms with Crippen LogP contribution in [0.4, 0.5) is 0 Å². The van der Waals surface area contributed by atoms with Gasteiger partial charge in [-0.3, -0.25) is 0 Å². The van der Waals surface area contributed by atoms with Crippen LogP contribution in [-0.4, -0.2) is 21.2 Å². The van der Waals surface area contributed by atoms with Gasteiger partial charge in [0, 0.05) is 0 Å². The molecule has 2 heterocycles. The summed E-state index contributed by atoms with van der Waals surface area (Å²) in [6.07, 6.45) is 4.29. The summed E-state index contributed by atoms with van der Waals surface area (Å²) in [5.41, 5.74) is 0.716. The van der Waals surface area contributed by atoms with Gasteiger partial charge in [0.2, 0.25) is 5.88 Å². The molecule has 0 aliphatic rings. The van der Waals surface area contributed by atoms with Crippen LogP contribution in [0.5, 0.6) is 5.88 Å². The molecular formula is C10H10ClN3O. The lowest BCUT2D eigenvalue weighted by Crippen LogP contribution is -1.95. The summed E-state index contributed by atoms with van der Waals surface area (Å²) in [5.74, 6) is 0.548. The zero-order valence-corrected chi connectivity index (χ0v) is 8.81. The second-order valence-electron chi connectivity index (χ2n) is 2.96. The van der Waals surface area contributed by atoms with Crippen molar-refractivity contribution in [1.82, 2.24) is 14.6 Å². The van der Waals surface area contributed by atoms with Gasteiger partial charge >= 0.3 is 0 Å². The Bertz CT molecular complexity index is 480. The van der Waals surface area contributed by atoms with Crippen LogP contribution >= 0.6 is 11.6 Å². The lowest BCUT2D eigenvalue weighted by atomic mass is 10.5. The van der Waals surface area contributed by atoms with Gasteiger partial charge in [-0.05, 0) is 18.6 Å².